The molecule has 3 rings (SSSR count). The molecule has 0 saturated carbocycles. The number of anilines is 1. The Labute approximate surface area is 145 Å². The molecule has 0 radical (unpaired) electrons. The number of hydrogen-bond acceptors (Lipinski definition) is 6. The SMILES string of the molecule is Cc1cc(NC(=O)C(c2ccccc2)N(C)Cc2coc(C)n2)no1. The molecule has 7 heteroatoms. The molecular formula is C18H20N4O3. The third-order valence-corrected chi connectivity index (χ3v) is 3.76. The number of nitrogens with zero attached hydrogens (tertiary/aromatic N) is 3. The first-order valence-electron chi connectivity index (χ1n) is 7.93. The van der Waals surface area contributed by atoms with E-state index in [1.165, 1.54) is 0 Å². The van der Waals surface area contributed by atoms with Crippen LogP contribution >= 0.6 is 0 Å². The number of aromatic nitrogens is 2. The highest BCUT2D eigenvalue weighted by Crippen LogP contribution is 2.23. The molecule has 0 saturated heterocycles. The molecule has 0 bridgehead atoms. The number of nitrogens with one attached hydrogen (secondary N) is 1. The summed E-state index contributed by atoms with van der Waals surface area (Å²) < 4.78 is 10.3. The van der Waals surface area contributed by atoms with E-state index in [-0.39, 0.29) is 5.91 Å². The van der Waals surface area contributed by atoms with E-state index in [0.29, 0.717) is 24.0 Å². The van der Waals surface area contributed by atoms with Crippen molar-refractivity contribution in [2.24, 2.45) is 0 Å². The topological polar surface area (TPSA) is 84.4 Å². The Hall–Kier alpha value is -2.93. The summed E-state index contributed by atoms with van der Waals surface area (Å²) in [6.07, 6.45) is 1.60. The lowest BCUT2D eigenvalue weighted by molar-refractivity contribution is -0.121. The number of carbonyl (C=O) groups is 1. The second-order valence-corrected chi connectivity index (χ2v) is 5.90. The van der Waals surface area contributed by atoms with Crippen LogP contribution in [0.2, 0.25) is 0 Å². The Morgan fingerprint density at radius 3 is 2.64 bits per heavy atom. The fraction of sp³-hybridized carbons (Fsp3) is 0.278. The van der Waals surface area contributed by atoms with Gasteiger partial charge in [0, 0.05) is 19.5 Å². The molecule has 1 unspecified atom stereocenters. The minimum absolute atomic E-state index is 0.192. The van der Waals surface area contributed by atoms with Gasteiger partial charge in [-0.1, -0.05) is 35.5 Å². The van der Waals surface area contributed by atoms with E-state index < -0.39 is 6.04 Å². The quantitative estimate of drug-likeness (QED) is 0.742. The first kappa shape index (κ1) is 16.9. The predicted octanol–water partition coefficient (Wildman–Crippen LogP) is 3.09. The van der Waals surface area contributed by atoms with Crippen molar-refractivity contribution in [3.8, 4) is 0 Å². The monoisotopic (exact) mass is 340 g/mol. The summed E-state index contributed by atoms with van der Waals surface area (Å²) in [6, 6.07) is 10.7. The Morgan fingerprint density at radius 2 is 2.04 bits per heavy atom. The zero-order valence-electron chi connectivity index (χ0n) is 14.4. The van der Waals surface area contributed by atoms with Crippen LogP contribution in [0.1, 0.15) is 29.0 Å². The lowest BCUT2D eigenvalue weighted by Gasteiger charge is -2.26. The molecule has 7 nitrogen and oxygen atoms in total. The van der Waals surface area contributed by atoms with Crippen LogP contribution in [0.15, 0.2) is 51.6 Å². The van der Waals surface area contributed by atoms with E-state index in [1.54, 1.807) is 26.2 Å². The van der Waals surface area contributed by atoms with Gasteiger partial charge in [0.05, 0.1) is 5.69 Å². The number of hydrogen-bond donors (Lipinski definition) is 1. The minimum Gasteiger partial charge on any atom is -0.449 e. The normalized spacial score (nSPS) is 12.3. The van der Waals surface area contributed by atoms with Crippen LogP contribution in [0.4, 0.5) is 5.82 Å². The fourth-order valence-corrected chi connectivity index (χ4v) is 2.69. The fourth-order valence-electron chi connectivity index (χ4n) is 2.69. The summed E-state index contributed by atoms with van der Waals surface area (Å²) in [5, 5.41) is 6.63. The van der Waals surface area contributed by atoms with Crippen molar-refractivity contribution >= 4 is 11.7 Å². The molecule has 2 heterocycles. The van der Waals surface area contributed by atoms with E-state index in [1.807, 2.05) is 42.3 Å². The van der Waals surface area contributed by atoms with Crippen molar-refractivity contribution in [1.29, 1.82) is 0 Å². The molecule has 1 atom stereocenters. The molecule has 3 aromatic rings. The summed E-state index contributed by atoms with van der Waals surface area (Å²) in [6.45, 7) is 4.04. The maximum Gasteiger partial charge on any atom is 0.247 e. The van der Waals surface area contributed by atoms with Crippen LogP contribution in [-0.2, 0) is 11.3 Å². The molecule has 25 heavy (non-hydrogen) atoms. The molecule has 0 aliphatic carbocycles. The number of benzene rings is 1. The average molecular weight is 340 g/mol. The summed E-state index contributed by atoms with van der Waals surface area (Å²) >= 11 is 0. The smallest absolute Gasteiger partial charge is 0.247 e. The highest BCUT2D eigenvalue weighted by atomic mass is 16.5. The van der Waals surface area contributed by atoms with E-state index in [9.17, 15) is 4.79 Å². The minimum atomic E-state index is -0.504. The number of likely N-dealkylation sites (N-methyl/N-ethyl adjacent to an activating group) is 1. The Kier molecular flexibility index (Phi) is 4.95. The molecule has 0 spiro atoms. The Morgan fingerprint density at radius 1 is 1.28 bits per heavy atom. The van der Waals surface area contributed by atoms with Gasteiger partial charge in [0.1, 0.15) is 18.1 Å². The summed E-state index contributed by atoms with van der Waals surface area (Å²) in [7, 11) is 1.87. The van der Waals surface area contributed by atoms with Crippen LogP contribution in [0.5, 0.6) is 0 Å². The average Bonchev–Trinajstić information content (AvgIpc) is 3.17. The van der Waals surface area contributed by atoms with Gasteiger partial charge in [-0.2, -0.15) is 0 Å². The highest BCUT2D eigenvalue weighted by Gasteiger charge is 2.26. The van der Waals surface area contributed by atoms with Crippen LogP contribution in [-0.4, -0.2) is 28.0 Å². The predicted molar refractivity (Wildman–Crippen MR) is 91.8 cm³/mol. The van der Waals surface area contributed by atoms with Gasteiger partial charge in [-0.3, -0.25) is 9.69 Å². The number of aryl methyl sites for hydroxylation is 2. The Balaban J connectivity index is 1.82. The first-order chi connectivity index (χ1) is 12.0. The Bertz CT molecular complexity index is 841. The van der Waals surface area contributed by atoms with Gasteiger partial charge in [-0.25, -0.2) is 4.98 Å². The van der Waals surface area contributed by atoms with Gasteiger partial charge >= 0.3 is 0 Å². The maximum absolute atomic E-state index is 12.9. The molecule has 0 aliphatic heterocycles. The molecule has 2 aromatic heterocycles. The summed E-state index contributed by atoms with van der Waals surface area (Å²) in [5.74, 6) is 1.44. The van der Waals surface area contributed by atoms with Gasteiger partial charge in [0.15, 0.2) is 11.7 Å². The van der Waals surface area contributed by atoms with E-state index in [4.69, 9.17) is 8.94 Å². The zero-order valence-corrected chi connectivity index (χ0v) is 14.4. The van der Waals surface area contributed by atoms with Crippen LogP contribution < -0.4 is 5.32 Å². The van der Waals surface area contributed by atoms with Crippen LogP contribution in [0.25, 0.3) is 0 Å². The van der Waals surface area contributed by atoms with Crippen LogP contribution in [0.3, 0.4) is 0 Å². The number of rotatable bonds is 6. The van der Waals surface area contributed by atoms with Crippen molar-refractivity contribution in [2.45, 2.75) is 26.4 Å². The molecule has 1 aromatic carbocycles. The van der Waals surface area contributed by atoms with Gasteiger partial charge in [-0.15, -0.1) is 0 Å². The van der Waals surface area contributed by atoms with Crippen molar-refractivity contribution < 1.29 is 13.7 Å². The number of oxazole rings is 1. The summed E-state index contributed by atoms with van der Waals surface area (Å²) in [4.78, 5) is 19.1. The molecule has 1 amide bonds. The molecular weight excluding hydrogens is 320 g/mol. The van der Waals surface area contributed by atoms with Crippen molar-refractivity contribution in [1.82, 2.24) is 15.0 Å². The largest absolute Gasteiger partial charge is 0.449 e. The van der Waals surface area contributed by atoms with Gasteiger partial charge < -0.3 is 14.3 Å². The van der Waals surface area contributed by atoms with E-state index in [2.05, 4.69) is 15.5 Å². The molecule has 0 fully saturated rings. The third kappa shape index (κ3) is 4.13. The lowest BCUT2D eigenvalue weighted by Crippen LogP contribution is -2.34. The van der Waals surface area contributed by atoms with Gasteiger partial charge in [0.25, 0.3) is 0 Å². The zero-order chi connectivity index (χ0) is 17.8. The maximum atomic E-state index is 12.9. The second-order valence-electron chi connectivity index (χ2n) is 5.90. The lowest BCUT2D eigenvalue weighted by atomic mass is 10.0. The number of carbonyl (C=O) groups excluding carboxylic acids is 1. The first-order valence-corrected chi connectivity index (χ1v) is 7.93. The van der Waals surface area contributed by atoms with Crippen molar-refractivity contribution in [3.05, 3.63) is 65.6 Å². The van der Waals surface area contributed by atoms with E-state index in [0.717, 1.165) is 11.3 Å². The standard InChI is InChI=1S/C18H20N4O3/c1-12-9-16(21-25-12)20-18(23)17(14-7-5-4-6-8-14)22(3)10-15-11-24-13(2)19-15/h4-9,11,17H,10H2,1-3H3,(H,20,21,23). The molecule has 0 aliphatic rings. The number of amides is 1. The van der Waals surface area contributed by atoms with Gasteiger partial charge in [-0.05, 0) is 19.5 Å². The van der Waals surface area contributed by atoms with Crippen molar-refractivity contribution in [3.63, 3.8) is 0 Å². The highest BCUT2D eigenvalue weighted by molar-refractivity contribution is 5.94. The second kappa shape index (κ2) is 7.31. The van der Waals surface area contributed by atoms with E-state index >= 15 is 0 Å². The molecule has 1 N–H and O–H groups in total. The molecule has 130 valence electrons. The summed E-state index contributed by atoms with van der Waals surface area (Å²) in [5.41, 5.74) is 1.65. The van der Waals surface area contributed by atoms with Crippen LogP contribution in [0, 0.1) is 13.8 Å². The van der Waals surface area contributed by atoms with Gasteiger partial charge in [0.2, 0.25) is 5.91 Å². The third-order valence-electron chi connectivity index (χ3n) is 3.76. The van der Waals surface area contributed by atoms with Crippen molar-refractivity contribution in [2.75, 3.05) is 12.4 Å².